The first-order valence-electron chi connectivity index (χ1n) is 4.08. The van der Waals surface area contributed by atoms with Crippen LogP contribution in [0.3, 0.4) is 0 Å². The van der Waals surface area contributed by atoms with Crippen LogP contribution >= 0.6 is 0 Å². The molecule has 0 saturated carbocycles. The molecule has 0 N–H and O–H groups in total. The van der Waals surface area contributed by atoms with Gasteiger partial charge >= 0.3 is 0 Å². The summed E-state index contributed by atoms with van der Waals surface area (Å²) >= 11 is 0. The summed E-state index contributed by atoms with van der Waals surface area (Å²) in [4.78, 5) is 8.34. The molecule has 2 nitrogen and oxygen atoms in total. The number of hydrogen-bond acceptors (Lipinski definition) is 1. The van der Waals surface area contributed by atoms with Gasteiger partial charge in [0.1, 0.15) is 5.84 Å². The Morgan fingerprint density at radius 3 is 2.00 bits per heavy atom. The second kappa shape index (κ2) is 5.05. The van der Waals surface area contributed by atoms with Gasteiger partial charge in [0.25, 0.3) is 0 Å². The zero-order valence-corrected chi connectivity index (χ0v) is 8.13. The lowest BCUT2D eigenvalue weighted by Gasteiger charge is -2.02. The Morgan fingerprint density at radius 2 is 1.73 bits per heavy atom. The number of nitrogens with zero attached hydrogens (tertiary/aromatic N) is 2. The Bertz CT molecular complexity index is 155. The van der Waals surface area contributed by atoms with E-state index in [9.17, 15) is 0 Å². The maximum Gasteiger partial charge on any atom is 0.125 e. The normalized spacial score (nSPS) is 13.9. The van der Waals surface area contributed by atoms with Gasteiger partial charge in [-0.3, -0.25) is 4.99 Å². The largest absolute Gasteiger partial charge is 0.274 e. The molecule has 0 radical (unpaired) electrons. The van der Waals surface area contributed by atoms with Crippen molar-refractivity contribution in [3.8, 4) is 0 Å². The molecule has 11 heavy (non-hydrogen) atoms. The standard InChI is InChI=1S/C9H18N2/c1-7(2)6-11-9(10-5)8(3)4/h6-8H,1-5H3/b10-9-,11-6-. The predicted octanol–water partition coefficient (Wildman–Crippen LogP) is 2.40. The Hall–Kier alpha value is -0.660. The minimum atomic E-state index is 0.426. The van der Waals surface area contributed by atoms with E-state index >= 15 is 0 Å². The van der Waals surface area contributed by atoms with Crippen LogP contribution in [0.25, 0.3) is 0 Å². The molecule has 0 fully saturated rings. The summed E-state index contributed by atoms with van der Waals surface area (Å²) in [5, 5.41) is 0. The third-order valence-electron chi connectivity index (χ3n) is 1.25. The van der Waals surface area contributed by atoms with Gasteiger partial charge < -0.3 is 0 Å². The zero-order valence-electron chi connectivity index (χ0n) is 8.13. The number of rotatable bonds is 2. The summed E-state index contributed by atoms with van der Waals surface area (Å²) in [6.07, 6.45) is 1.93. The van der Waals surface area contributed by atoms with Crippen molar-refractivity contribution in [2.75, 3.05) is 7.05 Å². The molecule has 0 aliphatic heterocycles. The van der Waals surface area contributed by atoms with Crippen LogP contribution < -0.4 is 0 Å². The highest BCUT2D eigenvalue weighted by molar-refractivity contribution is 5.91. The van der Waals surface area contributed by atoms with Gasteiger partial charge in [0.2, 0.25) is 0 Å². The van der Waals surface area contributed by atoms with E-state index in [4.69, 9.17) is 0 Å². The Kier molecular flexibility index (Phi) is 4.75. The van der Waals surface area contributed by atoms with Crippen LogP contribution in [0.5, 0.6) is 0 Å². The summed E-state index contributed by atoms with van der Waals surface area (Å²) in [6, 6.07) is 0. The van der Waals surface area contributed by atoms with E-state index in [2.05, 4.69) is 37.7 Å². The van der Waals surface area contributed by atoms with Gasteiger partial charge in [-0.1, -0.05) is 27.7 Å². The maximum atomic E-state index is 4.27. The van der Waals surface area contributed by atoms with Crippen LogP contribution in [0, 0.1) is 11.8 Å². The SMILES string of the molecule is C/N=C(\N=C/C(C)C)C(C)C. The molecule has 64 valence electrons. The van der Waals surface area contributed by atoms with E-state index in [1.807, 2.05) is 6.21 Å². The van der Waals surface area contributed by atoms with Crippen molar-refractivity contribution in [1.29, 1.82) is 0 Å². The maximum absolute atomic E-state index is 4.27. The third kappa shape index (κ3) is 4.71. The molecule has 0 aromatic rings. The van der Waals surface area contributed by atoms with E-state index in [0.717, 1.165) is 5.84 Å². The fourth-order valence-corrected chi connectivity index (χ4v) is 0.690. The molecule has 0 aromatic carbocycles. The van der Waals surface area contributed by atoms with Crippen LogP contribution in [0.4, 0.5) is 0 Å². The Labute approximate surface area is 69.4 Å². The highest BCUT2D eigenvalue weighted by Gasteiger charge is 1.99. The smallest absolute Gasteiger partial charge is 0.125 e. The number of hydrogen-bond donors (Lipinski definition) is 0. The monoisotopic (exact) mass is 154 g/mol. The molecule has 0 unspecified atom stereocenters. The van der Waals surface area contributed by atoms with Crippen molar-refractivity contribution < 1.29 is 0 Å². The lowest BCUT2D eigenvalue weighted by Crippen LogP contribution is -2.05. The van der Waals surface area contributed by atoms with Gasteiger partial charge in [-0.15, -0.1) is 0 Å². The van der Waals surface area contributed by atoms with E-state index in [0.29, 0.717) is 11.8 Å². The van der Waals surface area contributed by atoms with Crippen LogP contribution in [0.1, 0.15) is 27.7 Å². The minimum absolute atomic E-state index is 0.426. The first-order valence-corrected chi connectivity index (χ1v) is 4.08. The summed E-state index contributed by atoms with van der Waals surface area (Å²) in [6.45, 7) is 8.41. The van der Waals surface area contributed by atoms with Gasteiger partial charge in [0.15, 0.2) is 0 Å². The van der Waals surface area contributed by atoms with E-state index in [-0.39, 0.29) is 0 Å². The van der Waals surface area contributed by atoms with Gasteiger partial charge in [-0.2, -0.15) is 0 Å². The zero-order chi connectivity index (χ0) is 8.85. The summed E-state index contributed by atoms with van der Waals surface area (Å²) in [5.41, 5.74) is 0. The second-order valence-corrected chi connectivity index (χ2v) is 3.26. The van der Waals surface area contributed by atoms with Crippen LogP contribution in [0.15, 0.2) is 9.98 Å². The minimum Gasteiger partial charge on any atom is -0.274 e. The predicted molar refractivity (Wildman–Crippen MR) is 51.5 cm³/mol. The average molecular weight is 154 g/mol. The van der Waals surface area contributed by atoms with Crippen LogP contribution in [-0.4, -0.2) is 19.1 Å². The van der Waals surface area contributed by atoms with Gasteiger partial charge in [-0.05, 0) is 5.92 Å². The lowest BCUT2D eigenvalue weighted by molar-refractivity contribution is 0.862. The fraction of sp³-hybridized carbons (Fsp3) is 0.778. The van der Waals surface area contributed by atoms with Crippen LogP contribution in [-0.2, 0) is 0 Å². The summed E-state index contributed by atoms with van der Waals surface area (Å²) in [5.74, 6) is 1.86. The van der Waals surface area contributed by atoms with E-state index in [1.54, 1.807) is 7.05 Å². The molecule has 0 atom stereocenters. The van der Waals surface area contributed by atoms with Crippen molar-refractivity contribution in [3.05, 3.63) is 0 Å². The van der Waals surface area contributed by atoms with Gasteiger partial charge in [0, 0.05) is 19.2 Å². The average Bonchev–Trinajstić information content (AvgIpc) is 1.87. The van der Waals surface area contributed by atoms with Crippen molar-refractivity contribution in [1.82, 2.24) is 0 Å². The fourth-order valence-electron chi connectivity index (χ4n) is 0.690. The molecule has 0 aromatic heterocycles. The molecular formula is C9H18N2. The molecule has 0 aliphatic carbocycles. The van der Waals surface area contributed by atoms with Crippen molar-refractivity contribution >= 4 is 12.1 Å². The number of aliphatic imine (C=N–C) groups is 2. The van der Waals surface area contributed by atoms with Gasteiger partial charge in [-0.25, -0.2) is 4.99 Å². The molecular weight excluding hydrogens is 136 g/mol. The quantitative estimate of drug-likeness (QED) is 0.431. The molecule has 0 aliphatic rings. The van der Waals surface area contributed by atoms with Crippen LogP contribution in [0.2, 0.25) is 0 Å². The highest BCUT2D eigenvalue weighted by Crippen LogP contribution is 1.98. The van der Waals surface area contributed by atoms with Gasteiger partial charge in [0.05, 0.1) is 0 Å². The van der Waals surface area contributed by atoms with E-state index < -0.39 is 0 Å². The molecule has 0 heterocycles. The molecule has 0 amide bonds. The molecule has 0 rings (SSSR count). The summed E-state index contributed by atoms with van der Waals surface area (Å²) in [7, 11) is 1.78. The molecule has 0 spiro atoms. The first-order chi connectivity index (χ1) is 5.07. The first kappa shape index (κ1) is 10.3. The lowest BCUT2D eigenvalue weighted by atomic mass is 10.2. The third-order valence-corrected chi connectivity index (χ3v) is 1.25. The molecule has 2 heteroatoms. The highest BCUT2D eigenvalue weighted by atomic mass is 14.9. The van der Waals surface area contributed by atoms with Crippen molar-refractivity contribution in [2.45, 2.75) is 27.7 Å². The molecule has 0 saturated heterocycles. The molecule has 0 bridgehead atoms. The number of amidine groups is 1. The van der Waals surface area contributed by atoms with E-state index in [1.165, 1.54) is 0 Å². The van der Waals surface area contributed by atoms with Crippen molar-refractivity contribution in [3.63, 3.8) is 0 Å². The Balaban J connectivity index is 4.10. The Morgan fingerprint density at radius 1 is 1.18 bits per heavy atom. The summed E-state index contributed by atoms with van der Waals surface area (Å²) < 4.78 is 0. The second-order valence-electron chi connectivity index (χ2n) is 3.26. The van der Waals surface area contributed by atoms with Crippen molar-refractivity contribution in [2.24, 2.45) is 21.8 Å². The topological polar surface area (TPSA) is 24.7 Å².